The third-order valence-electron chi connectivity index (χ3n) is 7.90. The molecule has 1 aromatic heterocycles. The van der Waals surface area contributed by atoms with Crippen LogP contribution in [-0.4, -0.2) is 0 Å². The summed E-state index contributed by atoms with van der Waals surface area (Å²) in [7, 11) is 0. The molecule has 0 saturated carbocycles. The van der Waals surface area contributed by atoms with Crippen LogP contribution in [0.2, 0.25) is 0 Å². The molecule has 0 N–H and O–H groups in total. The Morgan fingerprint density at radius 2 is 0.816 bits per heavy atom. The summed E-state index contributed by atoms with van der Waals surface area (Å²) in [5.41, 5.74) is -6.80. The number of rotatable bonds is 4. The molecule has 0 saturated heterocycles. The zero-order valence-electron chi connectivity index (χ0n) is 53.5. The molecular weight excluding hydrogens is 593 g/mol. The molecule has 10 rings (SSSR count). The van der Waals surface area contributed by atoms with Gasteiger partial charge < -0.3 is 4.42 Å². The quantitative estimate of drug-likeness (QED) is 0.173. The second-order valence-electron chi connectivity index (χ2n) is 10.6. The molecule has 1 heterocycles. The topological polar surface area (TPSA) is 13.1 Å². The SMILES string of the molecule is [2H]c1cc(-c2c([2H])c([2H])c([2H])c([2H])c2[2H])c([2H])c([2H])c1-c1c2c([2H])c([2H])c([2H])c([2H])c2c(-c2c([2H])c([2H])c(-c3c([2H])c([2H])c4oc5c([2H])c([2H])c6c([2H])c([2H])c([2H])c([2H])c6c5c4c3[2H])c([2H])c2[2H])c2c([2H])c([2H])c([2H])c([2H])c12. The van der Waals surface area contributed by atoms with Crippen molar-refractivity contribution in [3.05, 3.63) is 181 Å². The second-order valence-corrected chi connectivity index (χ2v) is 10.6. The largest absolute Gasteiger partial charge is 0.456 e. The van der Waals surface area contributed by atoms with Crippen molar-refractivity contribution in [1.29, 1.82) is 0 Å². The zero-order valence-corrected chi connectivity index (χ0v) is 24.5. The lowest BCUT2D eigenvalue weighted by Crippen LogP contribution is -1.91. The van der Waals surface area contributed by atoms with E-state index in [0.717, 1.165) is 6.07 Å². The van der Waals surface area contributed by atoms with Crippen LogP contribution in [0.1, 0.15) is 39.8 Å². The minimum Gasteiger partial charge on any atom is -0.456 e. The molecular formula is C48H30O. The lowest BCUT2D eigenvalue weighted by molar-refractivity contribution is 0.669. The Balaban J connectivity index is 1.37. The number of hydrogen-bond acceptors (Lipinski definition) is 1. The second kappa shape index (κ2) is 11.1. The van der Waals surface area contributed by atoms with Crippen LogP contribution in [0.25, 0.3) is 98.8 Å². The van der Waals surface area contributed by atoms with Gasteiger partial charge >= 0.3 is 0 Å². The van der Waals surface area contributed by atoms with Gasteiger partial charge in [0.2, 0.25) is 0 Å². The normalized spacial score (nSPS) is 20.0. The molecule has 1 nitrogen and oxygen atoms in total. The van der Waals surface area contributed by atoms with E-state index in [-0.39, 0.29) is 5.39 Å². The fourth-order valence-corrected chi connectivity index (χ4v) is 5.77. The highest BCUT2D eigenvalue weighted by atomic mass is 16.3. The predicted octanol–water partition coefficient (Wildman–Crippen LogP) is 13.7. The Kier molecular flexibility index (Phi) is 2.56. The Hall–Kier alpha value is -6.44. The van der Waals surface area contributed by atoms with Crippen molar-refractivity contribution in [2.75, 3.05) is 0 Å². The smallest absolute Gasteiger partial charge is 0.136 e. The first-order valence-corrected chi connectivity index (χ1v) is 14.5. The molecule has 49 heavy (non-hydrogen) atoms. The molecule has 0 aliphatic heterocycles. The van der Waals surface area contributed by atoms with Crippen LogP contribution in [0.15, 0.2) is 186 Å². The van der Waals surface area contributed by atoms with Crippen LogP contribution in [0.3, 0.4) is 0 Å². The van der Waals surface area contributed by atoms with Crippen LogP contribution in [-0.2, 0) is 0 Å². The number of hydrogen-bond donors (Lipinski definition) is 0. The van der Waals surface area contributed by atoms with Crippen LogP contribution < -0.4 is 0 Å². The average molecular weight is 652 g/mol. The van der Waals surface area contributed by atoms with Gasteiger partial charge in [-0.3, -0.25) is 0 Å². The third kappa shape index (κ3) is 4.47. The predicted molar refractivity (Wildman–Crippen MR) is 208 cm³/mol. The van der Waals surface area contributed by atoms with Crippen molar-refractivity contribution >= 4 is 54.3 Å². The lowest BCUT2D eigenvalue weighted by Gasteiger charge is -2.18. The maximum absolute atomic E-state index is 9.62. The van der Waals surface area contributed by atoms with Gasteiger partial charge in [-0.15, -0.1) is 0 Å². The van der Waals surface area contributed by atoms with E-state index in [9.17, 15) is 15.1 Å². The van der Waals surface area contributed by atoms with Crippen molar-refractivity contribution in [2.24, 2.45) is 0 Å². The van der Waals surface area contributed by atoms with Gasteiger partial charge in [0.1, 0.15) is 11.2 Å². The summed E-state index contributed by atoms with van der Waals surface area (Å²) in [5, 5.41) is -4.59. The zero-order chi connectivity index (χ0) is 57.5. The minimum atomic E-state index is -1.10. The lowest BCUT2D eigenvalue weighted by atomic mass is 9.85. The maximum atomic E-state index is 9.62. The summed E-state index contributed by atoms with van der Waals surface area (Å²) < 4.78 is 265. The van der Waals surface area contributed by atoms with E-state index >= 15 is 0 Å². The van der Waals surface area contributed by atoms with Crippen molar-refractivity contribution in [3.8, 4) is 44.5 Å². The monoisotopic (exact) mass is 651 g/mol. The van der Waals surface area contributed by atoms with E-state index < -0.39 is 269 Å². The standard InChI is InChI=1S/C48H30O/c1-2-10-31(11-3-1)32-18-22-35(23-19-32)46-39-14-6-8-16-41(39)47(42-17-9-7-15-40(42)46)36-24-20-33(21-25-36)37-27-28-44-43(30-37)48-38-13-5-4-12-34(38)26-29-45(48)49-44/h1-30H/i1D,2D,3D,4D,5D,6D,7D,8D,9D,10D,11D,12D,13D,14D,15D,16D,17D,18D,20D,21D,22D,23D,24D,25D,26D,27D,28D,29D,30D. The summed E-state index contributed by atoms with van der Waals surface area (Å²) in [6, 6.07) is -25.1. The van der Waals surface area contributed by atoms with Crippen LogP contribution in [0.5, 0.6) is 0 Å². The first-order chi connectivity index (χ1) is 36.4. The van der Waals surface area contributed by atoms with E-state index in [4.69, 9.17) is 29.1 Å². The van der Waals surface area contributed by atoms with Gasteiger partial charge in [0.25, 0.3) is 0 Å². The summed E-state index contributed by atoms with van der Waals surface area (Å²) >= 11 is 0. The maximum Gasteiger partial charge on any atom is 0.136 e. The molecule has 0 bridgehead atoms. The van der Waals surface area contributed by atoms with Gasteiger partial charge in [-0.2, -0.15) is 0 Å². The number of fused-ring (bicyclic) bond motifs is 7. The summed E-state index contributed by atoms with van der Waals surface area (Å²) in [6.07, 6.45) is 0. The van der Waals surface area contributed by atoms with Gasteiger partial charge in [-0.25, -0.2) is 0 Å². The molecule has 0 unspecified atom stereocenters. The molecule has 0 aliphatic rings. The summed E-state index contributed by atoms with van der Waals surface area (Å²) in [6.45, 7) is 0. The van der Waals surface area contributed by atoms with Gasteiger partial charge in [-0.05, 0) is 95.0 Å². The average Bonchev–Trinajstić information content (AvgIpc) is 3.84. The van der Waals surface area contributed by atoms with Crippen molar-refractivity contribution in [1.82, 2.24) is 0 Å². The fourth-order valence-electron chi connectivity index (χ4n) is 5.77. The third-order valence-corrected chi connectivity index (χ3v) is 7.90. The van der Waals surface area contributed by atoms with Crippen molar-refractivity contribution in [3.63, 3.8) is 0 Å². The molecule has 0 aliphatic carbocycles. The van der Waals surface area contributed by atoms with Crippen molar-refractivity contribution < 1.29 is 44.2 Å². The Morgan fingerprint density at radius 1 is 0.327 bits per heavy atom. The highest BCUT2D eigenvalue weighted by molar-refractivity contribution is 6.22. The highest BCUT2D eigenvalue weighted by Crippen LogP contribution is 2.44. The minimum absolute atomic E-state index is 0.367. The molecule has 10 aromatic rings. The van der Waals surface area contributed by atoms with Gasteiger partial charge in [-0.1, -0.05) is 163 Å². The number of furan rings is 1. The molecule has 0 spiro atoms. The van der Waals surface area contributed by atoms with Gasteiger partial charge in [0, 0.05) is 10.8 Å². The molecule has 0 fully saturated rings. The first-order valence-electron chi connectivity index (χ1n) is 29.0. The van der Waals surface area contributed by atoms with Gasteiger partial charge in [0.15, 0.2) is 0 Å². The van der Waals surface area contributed by atoms with Crippen LogP contribution in [0.4, 0.5) is 0 Å². The first kappa shape index (κ1) is 11.3. The molecule has 0 radical (unpaired) electrons. The van der Waals surface area contributed by atoms with E-state index in [1.165, 1.54) is 0 Å². The van der Waals surface area contributed by atoms with E-state index in [1.807, 2.05) is 0 Å². The van der Waals surface area contributed by atoms with Crippen LogP contribution >= 0.6 is 0 Å². The summed E-state index contributed by atoms with van der Waals surface area (Å²) in [4.78, 5) is 0. The molecule has 9 aromatic carbocycles. The molecule has 0 amide bonds. The van der Waals surface area contributed by atoms with E-state index in [2.05, 4.69) is 0 Å². The van der Waals surface area contributed by atoms with E-state index in [1.54, 1.807) is 0 Å². The summed E-state index contributed by atoms with van der Waals surface area (Å²) in [5.74, 6) is 0. The van der Waals surface area contributed by atoms with Gasteiger partial charge in [0.05, 0.1) is 39.8 Å². The van der Waals surface area contributed by atoms with Crippen molar-refractivity contribution in [2.45, 2.75) is 0 Å². The Labute approximate surface area is 325 Å². The highest BCUT2D eigenvalue weighted by Gasteiger charge is 2.17. The van der Waals surface area contributed by atoms with E-state index in [0.29, 0.717) is 0 Å². The fraction of sp³-hybridized carbons (Fsp3) is 0. The molecule has 0 atom stereocenters. The molecule has 1 heteroatoms. The number of benzene rings is 9. The Morgan fingerprint density at radius 3 is 1.49 bits per heavy atom. The van der Waals surface area contributed by atoms with Crippen LogP contribution in [0, 0.1) is 0 Å². The Bertz CT molecular complexity index is 4400. The molecule has 228 valence electrons.